The van der Waals surface area contributed by atoms with E-state index in [1.165, 1.54) is 18.2 Å². The van der Waals surface area contributed by atoms with Gasteiger partial charge in [-0.05, 0) is 36.4 Å². The molecular formula is C15H7ClF3NO2. The van der Waals surface area contributed by atoms with Crippen molar-refractivity contribution in [3.63, 3.8) is 0 Å². The molecule has 2 aromatic rings. The van der Waals surface area contributed by atoms with Crippen molar-refractivity contribution in [2.45, 2.75) is 6.18 Å². The number of hydrogen-bond acceptors (Lipinski definition) is 2. The van der Waals surface area contributed by atoms with Gasteiger partial charge in [0, 0.05) is 11.1 Å². The molecule has 3 nitrogen and oxygen atoms in total. The normalized spacial score (nSPS) is 14.5. The summed E-state index contributed by atoms with van der Waals surface area (Å²) in [5.41, 5.74) is -0.673. The molecule has 0 amide bonds. The predicted octanol–water partition coefficient (Wildman–Crippen LogP) is 4.19. The number of nitrogens with zero attached hydrogens (tertiary/aromatic N) is 1. The van der Waals surface area contributed by atoms with Crippen molar-refractivity contribution in [1.82, 2.24) is 0 Å². The number of fused-ring (bicyclic) bond motifs is 1. The molecule has 0 atom stereocenters. The topological polar surface area (TPSA) is 43.1 Å². The Hall–Kier alpha value is -2.34. The van der Waals surface area contributed by atoms with E-state index in [9.17, 15) is 23.2 Å². The summed E-state index contributed by atoms with van der Waals surface area (Å²) in [6.07, 6.45) is -4.48. The van der Waals surface area contributed by atoms with Crippen LogP contribution in [-0.2, 0) is 6.18 Å². The molecular weight excluding hydrogens is 319 g/mol. The van der Waals surface area contributed by atoms with Crippen LogP contribution in [0.5, 0.6) is 0 Å². The van der Waals surface area contributed by atoms with Crippen LogP contribution in [0.25, 0.3) is 0 Å². The minimum atomic E-state index is -4.48. The lowest BCUT2D eigenvalue weighted by Crippen LogP contribution is -2.17. The van der Waals surface area contributed by atoms with Crippen molar-refractivity contribution in [2.24, 2.45) is 0 Å². The van der Waals surface area contributed by atoms with Gasteiger partial charge in [0.15, 0.2) is 0 Å². The van der Waals surface area contributed by atoms with Crippen LogP contribution in [0.2, 0.25) is 5.02 Å². The van der Waals surface area contributed by atoms with Crippen LogP contribution in [0.3, 0.4) is 0 Å². The van der Waals surface area contributed by atoms with E-state index in [2.05, 4.69) is 0 Å². The van der Waals surface area contributed by atoms with Gasteiger partial charge in [-0.3, -0.25) is 4.79 Å². The van der Waals surface area contributed by atoms with Gasteiger partial charge in [0.05, 0.1) is 11.1 Å². The van der Waals surface area contributed by atoms with Crippen molar-refractivity contribution < 1.29 is 22.7 Å². The lowest BCUT2D eigenvalue weighted by molar-refractivity contribution is -0.355. The zero-order valence-corrected chi connectivity index (χ0v) is 11.6. The lowest BCUT2D eigenvalue weighted by Gasteiger charge is -2.07. The highest BCUT2D eigenvalue weighted by Gasteiger charge is 2.37. The highest BCUT2D eigenvalue weighted by Crippen LogP contribution is 2.32. The first-order valence-corrected chi connectivity index (χ1v) is 6.53. The van der Waals surface area contributed by atoms with E-state index in [4.69, 9.17) is 11.6 Å². The van der Waals surface area contributed by atoms with Crippen LogP contribution in [0, 0.1) is 5.21 Å². The first-order chi connectivity index (χ1) is 10.3. The molecule has 112 valence electrons. The Morgan fingerprint density at radius 1 is 1.05 bits per heavy atom. The van der Waals surface area contributed by atoms with Crippen molar-refractivity contribution >= 4 is 28.8 Å². The number of halogens is 4. The van der Waals surface area contributed by atoms with Gasteiger partial charge in [-0.15, -0.1) is 0 Å². The van der Waals surface area contributed by atoms with Crippen molar-refractivity contribution in [3.8, 4) is 0 Å². The number of benzene rings is 2. The van der Waals surface area contributed by atoms with Crippen LogP contribution in [-0.4, -0.2) is 16.2 Å². The van der Waals surface area contributed by atoms with Gasteiger partial charge in [-0.2, -0.15) is 17.9 Å². The summed E-state index contributed by atoms with van der Waals surface area (Å²) in [6, 6.07) is 8.11. The Labute approximate surface area is 127 Å². The van der Waals surface area contributed by atoms with Crippen LogP contribution >= 0.6 is 11.6 Å². The maximum absolute atomic E-state index is 12.5. The number of alkyl halides is 3. The SMILES string of the molecule is O=C1C(c2ccc(C(F)(F)F)cc2)=[N+]([O-])c2ccc(Cl)cc21. The van der Waals surface area contributed by atoms with E-state index in [1.807, 2.05) is 0 Å². The monoisotopic (exact) mass is 325 g/mol. The maximum atomic E-state index is 12.5. The molecule has 0 saturated carbocycles. The van der Waals surface area contributed by atoms with Gasteiger partial charge in [-0.25, -0.2) is 0 Å². The third-order valence-corrected chi connectivity index (χ3v) is 3.56. The Balaban J connectivity index is 2.07. The molecule has 0 unspecified atom stereocenters. The fourth-order valence-corrected chi connectivity index (χ4v) is 2.44. The molecule has 1 aliphatic rings. The molecule has 1 heterocycles. The van der Waals surface area contributed by atoms with Gasteiger partial charge in [0.1, 0.15) is 5.56 Å². The summed E-state index contributed by atoms with van der Waals surface area (Å²) in [5.74, 6) is -0.563. The lowest BCUT2D eigenvalue weighted by atomic mass is 10.0. The van der Waals surface area contributed by atoms with Gasteiger partial charge in [-0.1, -0.05) is 11.6 Å². The summed E-state index contributed by atoms with van der Waals surface area (Å²) < 4.78 is 38.1. The summed E-state index contributed by atoms with van der Waals surface area (Å²) in [6.45, 7) is 0. The molecule has 0 spiro atoms. The molecule has 3 rings (SSSR count). The van der Waals surface area contributed by atoms with E-state index in [0.717, 1.165) is 24.3 Å². The number of rotatable bonds is 1. The molecule has 7 heteroatoms. The summed E-state index contributed by atoms with van der Waals surface area (Å²) >= 11 is 5.79. The minimum Gasteiger partial charge on any atom is -0.618 e. The second-order valence-corrected chi connectivity index (χ2v) is 5.15. The third-order valence-electron chi connectivity index (χ3n) is 3.33. The molecule has 0 aliphatic carbocycles. The quantitative estimate of drug-likeness (QED) is 0.583. The van der Waals surface area contributed by atoms with E-state index in [0.29, 0.717) is 9.76 Å². The summed E-state index contributed by atoms with van der Waals surface area (Å²) in [5, 5.41) is 12.5. The number of carbonyl (C=O) groups excluding carboxylic acids is 1. The fourth-order valence-electron chi connectivity index (χ4n) is 2.27. The summed E-state index contributed by atoms with van der Waals surface area (Å²) in [4.78, 5) is 12.3. The smallest absolute Gasteiger partial charge is 0.416 e. The first-order valence-electron chi connectivity index (χ1n) is 6.15. The van der Waals surface area contributed by atoms with Crippen molar-refractivity contribution in [3.05, 3.63) is 69.4 Å². The zero-order valence-electron chi connectivity index (χ0n) is 10.8. The highest BCUT2D eigenvalue weighted by atomic mass is 35.5. The zero-order chi connectivity index (χ0) is 16.1. The Morgan fingerprint density at radius 3 is 2.27 bits per heavy atom. The van der Waals surface area contributed by atoms with E-state index >= 15 is 0 Å². The predicted molar refractivity (Wildman–Crippen MR) is 74.6 cm³/mol. The molecule has 22 heavy (non-hydrogen) atoms. The molecule has 2 aromatic carbocycles. The number of ketones is 1. The number of carbonyl (C=O) groups is 1. The fraction of sp³-hybridized carbons (Fsp3) is 0.0667. The minimum absolute atomic E-state index is 0.125. The van der Waals surface area contributed by atoms with Crippen molar-refractivity contribution in [1.29, 1.82) is 0 Å². The van der Waals surface area contributed by atoms with Crippen LogP contribution in [0.15, 0.2) is 42.5 Å². The van der Waals surface area contributed by atoms with Crippen LogP contribution < -0.4 is 0 Å². The first kappa shape index (κ1) is 14.6. The molecule has 0 N–H and O–H groups in total. The molecule has 0 fully saturated rings. The number of Topliss-reactive ketones (excluding diaryl/α,β-unsaturated/α-hetero) is 1. The van der Waals surface area contributed by atoms with E-state index < -0.39 is 17.5 Å². The molecule has 0 bridgehead atoms. The average Bonchev–Trinajstić information content (AvgIpc) is 2.70. The average molecular weight is 326 g/mol. The van der Waals surface area contributed by atoms with Gasteiger partial charge in [0.25, 0.3) is 11.5 Å². The highest BCUT2D eigenvalue weighted by molar-refractivity contribution is 6.52. The largest absolute Gasteiger partial charge is 0.618 e. The summed E-state index contributed by atoms with van der Waals surface area (Å²) in [7, 11) is 0. The third kappa shape index (κ3) is 2.25. The Morgan fingerprint density at radius 2 is 1.68 bits per heavy atom. The van der Waals surface area contributed by atoms with Crippen LogP contribution in [0.1, 0.15) is 21.5 Å². The maximum Gasteiger partial charge on any atom is 0.416 e. The molecule has 0 radical (unpaired) electrons. The van der Waals surface area contributed by atoms with Crippen LogP contribution in [0.4, 0.5) is 18.9 Å². The van der Waals surface area contributed by atoms with Gasteiger partial charge in [0.2, 0.25) is 5.69 Å². The molecule has 1 aliphatic heterocycles. The molecule has 0 aromatic heterocycles. The van der Waals surface area contributed by atoms with E-state index in [-0.39, 0.29) is 22.5 Å². The Bertz CT molecular complexity index is 811. The van der Waals surface area contributed by atoms with Gasteiger partial charge >= 0.3 is 6.18 Å². The molecule has 0 saturated heterocycles. The second-order valence-electron chi connectivity index (χ2n) is 4.71. The Kier molecular flexibility index (Phi) is 3.21. The van der Waals surface area contributed by atoms with Crippen molar-refractivity contribution in [2.75, 3.05) is 0 Å². The standard InChI is InChI=1S/C15H7ClF3NO2/c16-10-5-6-12-11(7-10)14(21)13(20(12)22)8-1-3-9(4-2-8)15(17,18)19/h1-7H. The second kappa shape index (κ2) is 4.84. The van der Waals surface area contributed by atoms with E-state index in [1.54, 1.807) is 0 Å². The number of hydrogen-bond donors (Lipinski definition) is 0. The van der Waals surface area contributed by atoms with Gasteiger partial charge < -0.3 is 5.21 Å².